The molecule has 28 heavy (non-hydrogen) atoms. The maximum absolute atomic E-state index is 12.2. The van der Waals surface area contributed by atoms with Gasteiger partial charge < -0.3 is 14.8 Å². The van der Waals surface area contributed by atoms with Gasteiger partial charge in [0.25, 0.3) is 5.56 Å². The molecule has 2 aromatic heterocycles. The summed E-state index contributed by atoms with van der Waals surface area (Å²) in [5.41, 5.74) is 1.61. The van der Waals surface area contributed by atoms with Crippen molar-refractivity contribution in [2.75, 3.05) is 20.2 Å². The van der Waals surface area contributed by atoms with Crippen LogP contribution in [0.1, 0.15) is 30.0 Å². The molecule has 146 valence electrons. The van der Waals surface area contributed by atoms with Gasteiger partial charge in [0.2, 0.25) is 0 Å². The van der Waals surface area contributed by atoms with E-state index in [0.29, 0.717) is 18.1 Å². The Morgan fingerprint density at radius 2 is 2.25 bits per heavy atom. The molecule has 2 N–H and O–H groups in total. The van der Waals surface area contributed by atoms with Crippen LogP contribution < -0.4 is 10.3 Å². The molecular formula is C21H23N3O3S. The summed E-state index contributed by atoms with van der Waals surface area (Å²) < 4.78 is 5.15. The third-order valence-corrected chi connectivity index (χ3v) is 6.00. The molecule has 1 fully saturated rings. The molecule has 4 rings (SSSR count). The van der Waals surface area contributed by atoms with Crippen LogP contribution in [0.25, 0.3) is 10.7 Å². The van der Waals surface area contributed by atoms with Crippen LogP contribution in [0.2, 0.25) is 0 Å². The Labute approximate surface area is 167 Å². The average molecular weight is 398 g/mol. The number of nitrogens with zero attached hydrogens (tertiary/aromatic N) is 2. The molecule has 3 aromatic rings. The summed E-state index contributed by atoms with van der Waals surface area (Å²) in [7, 11) is 1.59. The summed E-state index contributed by atoms with van der Waals surface area (Å²) in [6, 6.07) is 10.9. The van der Waals surface area contributed by atoms with E-state index in [0.717, 1.165) is 42.1 Å². The standard InChI is InChI=1S/C21H23N3O3S/c1-27-16-7-6-15(18(25)10-16)13-24-8-2-4-14(12-24)17-11-20(26)23-21(22-17)19-5-3-9-28-19/h3,5-7,9-11,14,25H,2,4,8,12-13H2,1H3,(H,22,23,26). The van der Waals surface area contributed by atoms with Crippen molar-refractivity contribution in [1.29, 1.82) is 0 Å². The zero-order valence-electron chi connectivity index (χ0n) is 15.7. The summed E-state index contributed by atoms with van der Waals surface area (Å²) in [6.07, 6.45) is 2.04. The second-order valence-corrected chi connectivity index (χ2v) is 8.01. The number of H-pyrrole nitrogens is 1. The molecule has 0 amide bonds. The SMILES string of the molecule is COc1ccc(CN2CCCC(c3cc(=O)[nH]c(-c4cccs4)n3)C2)c(O)c1. The lowest BCUT2D eigenvalue weighted by atomic mass is 9.94. The van der Waals surface area contributed by atoms with E-state index < -0.39 is 0 Å². The second-order valence-electron chi connectivity index (χ2n) is 7.07. The number of hydrogen-bond donors (Lipinski definition) is 2. The molecule has 1 aromatic carbocycles. The maximum atomic E-state index is 12.2. The summed E-state index contributed by atoms with van der Waals surface area (Å²) in [6.45, 7) is 2.43. The molecule has 0 saturated carbocycles. The molecule has 0 radical (unpaired) electrons. The second kappa shape index (κ2) is 8.16. The molecule has 0 spiro atoms. The summed E-state index contributed by atoms with van der Waals surface area (Å²) in [5, 5.41) is 12.2. The summed E-state index contributed by atoms with van der Waals surface area (Å²) >= 11 is 1.57. The number of thiophene rings is 1. The summed E-state index contributed by atoms with van der Waals surface area (Å²) in [5.74, 6) is 1.74. The monoisotopic (exact) mass is 397 g/mol. The van der Waals surface area contributed by atoms with Gasteiger partial charge in [-0.25, -0.2) is 4.98 Å². The number of piperidine rings is 1. The highest BCUT2D eigenvalue weighted by molar-refractivity contribution is 7.13. The normalized spacial score (nSPS) is 17.5. The Kier molecular flexibility index (Phi) is 5.45. The first kappa shape index (κ1) is 18.7. The van der Waals surface area contributed by atoms with Gasteiger partial charge in [0, 0.05) is 36.7 Å². The fourth-order valence-corrected chi connectivity index (χ4v) is 4.37. The average Bonchev–Trinajstić information content (AvgIpc) is 3.24. The number of phenols is 1. The van der Waals surface area contributed by atoms with Crippen LogP contribution in [0.5, 0.6) is 11.5 Å². The van der Waals surface area contributed by atoms with E-state index in [1.807, 2.05) is 29.6 Å². The highest BCUT2D eigenvalue weighted by Gasteiger charge is 2.24. The van der Waals surface area contributed by atoms with Crippen molar-refractivity contribution in [3.63, 3.8) is 0 Å². The maximum Gasteiger partial charge on any atom is 0.251 e. The number of likely N-dealkylation sites (tertiary alicyclic amines) is 1. The van der Waals surface area contributed by atoms with Crippen LogP contribution >= 0.6 is 11.3 Å². The van der Waals surface area contributed by atoms with Gasteiger partial charge in [-0.05, 0) is 36.9 Å². The largest absolute Gasteiger partial charge is 0.507 e. The van der Waals surface area contributed by atoms with Gasteiger partial charge in [0.1, 0.15) is 17.3 Å². The lowest BCUT2D eigenvalue weighted by Crippen LogP contribution is -2.34. The van der Waals surface area contributed by atoms with Crippen molar-refractivity contribution < 1.29 is 9.84 Å². The van der Waals surface area contributed by atoms with Gasteiger partial charge >= 0.3 is 0 Å². The number of benzene rings is 1. The molecular weight excluding hydrogens is 374 g/mol. The number of aromatic amines is 1. The minimum Gasteiger partial charge on any atom is -0.507 e. The first-order chi connectivity index (χ1) is 13.6. The third-order valence-electron chi connectivity index (χ3n) is 5.13. The molecule has 6 nitrogen and oxygen atoms in total. The van der Waals surface area contributed by atoms with E-state index in [-0.39, 0.29) is 17.2 Å². The van der Waals surface area contributed by atoms with E-state index in [9.17, 15) is 9.90 Å². The van der Waals surface area contributed by atoms with Gasteiger partial charge in [0.05, 0.1) is 17.7 Å². The van der Waals surface area contributed by atoms with Crippen molar-refractivity contribution in [1.82, 2.24) is 14.9 Å². The fraction of sp³-hybridized carbons (Fsp3) is 0.333. The molecule has 1 atom stereocenters. The van der Waals surface area contributed by atoms with Crippen LogP contribution in [0.15, 0.2) is 46.6 Å². The Hall–Kier alpha value is -2.64. The lowest BCUT2D eigenvalue weighted by Gasteiger charge is -2.32. The highest BCUT2D eigenvalue weighted by atomic mass is 32.1. The smallest absolute Gasteiger partial charge is 0.251 e. The number of ether oxygens (including phenoxy) is 1. The predicted molar refractivity (Wildman–Crippen MR) is 110 cm³/mol. The number of rotatable bonds is 5. The molecule has 1 saturated heterocycles. The third kappa shape index (κ3) is 4.10. The van der Waals surface area contributed by atoms with Gasteiger partial charge in [0.15, 0.2) is 0 Å². The van der Waals surface area contributed by atoms with Gasteiger partial charge in [-0.3, -0.25) is 9.69 Å². The van der Waals surface area contributed by atoms with Crippen molar-refractivity contribution >= 4 is 11.3 Å². The first-order valence-electron chi connectivity index (χ1n) is 9.36. The van der Waals surface area contributed by atoms with Gasteiger partial charge in [-0.2, -0.15) is 0 Å². The number of nitrogens with one attached hydrogen (secondary N) is 1. The molecule has 1 unspecified atom stereocenters. The highest BCUT2D eigenvalue weighted by Crippen LogP contribution is 2.30. The van der Waals surface area contributed by atoms with Crippen molar-refractivity contribution in [2.24, 2.45) is 0 Å². The van der Waals surface area contributed by atoms with Crippen LogP contribution in [-0.4, -0.2) is 40.2 Å². The van der Waals surface area contributed by atoms with E-state index in [4.69, 9.17) is 9.72 Å². The quantitative estimate of drug-likeness (QED) is 0.688. The number of methoxy groups -OCH3 is 1. The molecule has 1 aliphatic rings. The molecule has 0 aliphatic carbocycles. The van der Waals surface area contributed by atoms with Gasteiger partial charge in [-0.15, -0.1) is 11.3 Å². The zero-order valence-corrected chi connectivity index (χ0v) is 16.5. The number of hydrogen-bond acceptors (Lipinski definition) is 6. The van der Waals surface area contributed by atoms with E-state index in [2.05, 4.69) is 9.88 Å². The lowest BCUT2D eigenvalue weighted by molar-refractivity contribution is 0.196. The van der Waals surface area contributed by atoms with Gasteiger partial charge in [-0.1, -0.05) is 12.1 Å². The van der Waals surface area contributed by atoms with Crippen molar-refractivity contribution in [2.45, 2.75) is 25.3 Å². The molecule has 1 aliphatic heterocycles. The van der Waals surface area contributed by atoms with E-state index >= 15 is 0 Å². The Morgan fingerprint density at radius 3 is 3.00 bits per heavy atom. The van der Waals surface area contributed by atoms with E-state index in [1.165, 1.54) is 0 Å². The number of aromatic hydroxyl groups is 1. The minimum absolute atomic E-state index is 0.113. The molecule has 3 heterocycles. The minimum atomic E-state index is -0.113. The Balaban J connectivity index is 1.52. The fourth-order valence-electron chi connectivity index (χ4n) is 3.70. The van der Waals surface area contributed by atoms with Crippen molar-refractivity contribution in [3.05, 3.63) is 63.4 Å². The predicted octanol–water partition coefficient (Wildman–Crippen LogP) is 3.59. The van der Waals surface area contributed by atoms with Crippen LogP contribution in [0.4, 0.5) is 0 Å². The Bertz CT molecular complexity index is 1000. The van der Waals surface area contributed by atoms with Crippen LogP contribution in [0, 0.1) is 0 Å². The van der Waals surface area contributed by atoms with Crippen molar-refractivity contribution in [3.8, 4) is 22.2 Å². The molecule has 7 heteroatoms. The first-order valence-corrected chi connectivity index (χ1v) is 10.2. The number of phenolic OH excluding ortho intramolecular Hbond substituents is 1. The summed E-state index contributed by atoms with van der Waals surface area (Å²) in [4.78, 5) is 23.0. The van der Waals surface area contributed by atoms with Crippen LogP contribution in [-0.2, 0) is 6.54 Å². The molecule has 0 bridgehead atoms. The zero-order chi connectivity index (χ0) is 19.5. The Morgan fingerprint density at radius 1 is 1.36 bits per heavy atom. The number of aromatic nitrogens is 2. The van der Waals surface area contributed by atoms with E-state index in [1.54, 1.807) is 30.6 Å². The van der Waals surface area contributed by atoms with Crippen LogP contribution in [0.3, 0.4) is 0 Å². The topological polar surface area (TPSA) is 78.5 Å².